The number of benzene rings is 3. The van der Waals surface area contributed by atoms with Gasteiger partial charge < -0.3 is 15.1 Å². The number of carbonyl (C=O) groups excluding carboxylic acids is 3. The number of nitrogens with one attached hydrogen (secondary N) is 1. The van der Waals surface area contributed by atoms with Crippen LogP contribution in [0, 0.1) is 0 Å². The molecule has 0 saturated carbocycles. The van der Waals surface area contributed by atoms with Gasteiger partial charge in [0.15, 0.2) is 0 Å². The first-order valence-corrected chi connectivity index (χ1v) is 10.7. The monoisotopic (exact) mass is 425 g/mol. The van der Waals surface area contributed by atoms with Gasteiger partial charge in [-0.15, -0.1) is 0 Å². The van der Waals surface area contributed by atoms with Gasteiger partial charge in [0, 0.05) is 48.2 Å². The van der Waals surface area contributed by atoms with Crippen LogP contribution in [-0.2, 0) is 17.6 Å². The normalized spacial score (nSPS) is 14.2. The fourth-order valence-corrected chi connectivity index (χ4v) is 4.47. The van der Waals surface area contributed by atoms with Crippen molar-refractivity contribution < 1.29 is 14.4 Å². The molecule has 0 atom stereocenters. The van der Waals surface area contributed by atoms with E-state index in [0.29, 0.717) is 29.9 Å². The summed E-state index contributed by atoms with van der Waals surface area (Å²) in [4.78, 5) is 40.9. The molecule has 0 bridgehead atoms. The maximum atomic E-state index is 13.0. The number of carbonyl (C=O) groups is 3. The Labute approximate surface area is 186 Å². The lowest BCUT2D eigenvalue weighted by molar-refractivity contribution is -0.116. The highest BCUT2D eigenvalue weighted by atomic mass is 16.2. The Bertz CT molecular complexity index is 1230. The standard InChI is InChI=1S/C26H23N3O3/c1-17(30)28-14-13-20-16-21(8-11-24(20)28)25(31)27-22-9-6-19(7-10-22)26(32)29-15-12-18-4-2-3-5-23(18)29/h2-11,16H,12-15H2,1H3,(H,27,31). The second-order valence-electron chi connectivity index (χ2n) is 8.13. The van der Waals surface area contributed by atoms with Gasteiger partial charge in [0.05, 0.1) is 0 Å². The number of nitrogens with zero attached hydrogens (tertiary/aromatic N) is 2. The van der Waals surface area contributed by atoms with Crippen molar-refractivity contribution in [3.05, 3.63) is 89.0 Å². The van der Waals surface area contributed by atoms with E-state index < -0.39 is 0 Å². The molecule has 3 amide bonds. The number of rotatable bonds is 3. The second kappa shape index (κ2) is 7.96. The van der Waals surface area contributed by atoms with Gasteiger partial charge in [-0.2, -0.15) is 0 Å². The van der Waals surface area contributed by atoms with Gasteiger partial charge in [-0.3, -0.25) is 14.4 Å². The maximum absolute atomic E-state index is 13.0. The van der Waals surface area contributed by atoms with E-state index in [2.05, 4.69) is 11.4 Å². The van der Waals surface area contributed by atoms with Crippen molar-refractivity contribution in [1.82, 2.24) is 0 Å². The van der Waals surface area contributed by atoms with Gasteiger partial charge in [-0.1, -0.05) is 18.2 Å². The molecule has 5 rings (SSSR count). The van der Waals surface area contributed by atoms with Gasteiger partial charge in [-0.05, 0) is 72.5 Å². The summed E-state index contributed by atoms with van der Waals surface area (Å²) in [5.41, 5.74) is 5.78. The zero-order chi connectivity index (χ0) is 22.2. The van der Waals surface area contributed by atoms with Crippen molar-refractivity contribution in [3.63, 3.8) is 0 Å². The molecule has 6 heteroatoms. The summed E-state index contributed by atoms with van der Waals surface area (Å²) in [5.74, 6) is -0.254. The van der Waals surface area contributed by atoms with Crippen LogP contribution >= 0.6 is 0 Å². The molecule has 3 aromatic rings. The Morgan fingerprint density at radius 2 is 1.41 bits per heavy atom. The molecular weight excluding hydrogens is 402 g/mol. The molecule has 6 nitrogen and oxygen atoms in total. The fraction of sp³-hybridized carbons (Fsp3) is 0.192. The molecule has 1 N–H and O–H groups in total. The molecule has 2 heterocycles. The number of hydrogen-bond acceptors (Lipinski definition) is 3. The number of anilines is 3. The van der Waals surface area contributed by atoms with E-state index in [1.165, 1.54) is 5.56 Å². The third-order valence-electron chi connectivity index (χ3n) is 6.14. The van der Waals surface area contributed by atoms with Gasteiger partial charge in [0.25, 0.3) is 11.8 Å². The molecular formula is C26H23N3O3. The molecule has 32 heavy (non-hydrogen) atoms. The molecule has 160 valence electrons. The van der Waals surface area contributed by atoms with Gasteiger partial charge in [0.1, 0.15) is 0 Å². The summed E-state index contributed by atoms with van der Waals surface area (Å²) in [6.07, 6.45) is 1.60. The van der Waals surface area contributed by atoms with E-state index in [1.54, 1.807) is 47.1 Å². The smallest absolute Gasteiger partial charge is 0.258 e. The van der Waals surface area contributed by atoms with Crippen LogP contribution in [0.4, 0.5) is 17.1 Å². The number of para-hydroxylation sites is 1. The van der Waals surface area contributed by atoms with Crippen LogP contribution in [-0.4, -0.2) is 30.8 Å². The van der Waals surface area contributed by atoms with Crippen molar-refractivity contribution in [3.8, 4) is 0 Å². The fourth-order valence-electron chi connectivity index (χ4n) is 4.47. The van der Waals surface area contributed by atoms with Crippen LogP contribution in [0.15, 0.2) is 66.7 Å². The molecule has 0 aromatic heterocycles. The van der Waals surface area contributed by atoms with Crippen LogP contribution in [0.5, 0.6) is 0 Å². The van der Waals surface area contributed by atoms with Crippen LogP contribution in [0.1, 0.15) is 38.8 Å². The molecule has 2 aliphatic heterocycles. The number of amides is 3. The van der Waals surface area contributed by atoms with Gasteiger partial charge >= 0.3 is 0 Å². The van der Waals surface area contributed by atoms with Crippen molar-refractivity contribution in [2.24, 2.45) is 0 Å². The average molecular weight is 425 g/mol. The lowest BCUT2D eigenvalue weighted by Crippen LogP contribution is -2.28. The molecule has 0 saturated heterocycles. The van der Waals surface area contributed by atoms with Gasteiger partial charge in [0.2, 0.25) is 5.91 Å². The van der Waals surface area contributed by atoms with Crippen molar-refractivity contribution >= 4 is 34.8 Å². The lowest BCUT2D eigenvalue weighted by atomic mass is 10.1. The summed E-state index contributed by atoms with van der Waals surface area (Å²) in [6, 6.07) is 20.3. The van der Waals surface area contributed by atoms with E-state index in [4.69, 9.17) is 0 Å². The minimum absolute atomic E-state index is 0.00741. The van der Waals surface area contributed by atoms with E-state index >= 15 is 0 Å². The molecule has 0 spiro atoms. The molecule has 0 fully saturated rings. The highest BCUT2D eigenvalue weighted by Gasteiger charge is 2.25. The van der Waals surface area contributed by atoms with Crippen LogP contribution in [0.25, 0.3) is 0 Å². The Kier molecular flexibility index (Phi) is 4.98. The summed E-state index contributed by atoms with van der Waals surface area (Å²) < 4.78 is 0. The van der Waals surface area contributed by atoms with Gasteiger partial charge in [-0.25, -0.2) is 0 Å². The van der Waals surface area contributed by atoms with Crippen LogP contribution < -0.4 is 15.1 Å². The van der Waals surface area contributed by atoms with Crippen molar-refractivity contribution in [2.75, 3.05) is 28.2 Å². The van der Waals surface area contributed by atoms with E-state index in [9.17, 15) is 14.4 Å². The Hall–Kier alpha value is -3.93. The number of fused-ring (bicyclic) bond motifs is 2. The number of hydrogen-bond donors (Lipinski definition) is 1. The highest BCUT2D eigenvalue weighted by Crippen LogP contribution is 2.30. The summed E-state index contributed by atoms with van der Waals surface area (Å²) in [6.45, 7) is 2.87. The third-order valence-corrected chi connectivity index (χ3v) is 6.14. The van der Waals surface area contributed by atoms with E-state index in [0.717, 1.165) is 29.8 Å². The quantitative estimate of drug-likeness (QED) is 0.688. The molecule has 0 radical (unpaired) electrons. The molecule has 2 aliphatic rings. The third kappa shape index (κ3) is 3.54. The summed E-state index contributed by atoms with van der Waals surface area (Å²) >= 11 is 0. The minimum atomic E-state index is -0.221. The highest BCUT2D eigenvalue weighted by molar-refractivity contribution is 6.08. The van der Waals surface area contributed by atoms with Crippen LogP contribution in [0.2, 0.25) is 0 Å². The maximum Gasteiger partial charge on any atom is 0.258 e. The largest absolute Gasteiger partial charge is 0.322 e. The summed E-state index contributed by atoms with van der Waals surface area (Å²) in [7, 11) is 0. The molecule has 0 unspecified atom stereocenters. The first kappa shape index (κ1) is 20.0. The summed E-state index contributed by atoms with van der Waals surface area (Å²) in [5, 5.41) is 2.89. The SMILES string of the molecule is CC(=O)N1CCc2cc(C(=O)Nc3ccc(C(=O)N4CCc5ccccc54)cc3)ccc21. The van der Waals surface area contributed by atoms with Crippen molar-refractivity contribution in [2.45, 2.75) is 19.8 Å². The van der Waals surface area contributed by atoms with Crippen LogP contribution in [0.3, 0.4) is 0 Å². The molecule has 3 aromatic carbocycles. The predicted molar refractivity (Wildman–Crippen MR) is 124 cm³/mol. The van der Waals surface area contributed by atoms with Crippen molar-refractivity contribution in [1.29, 1.82) is 0 Å². The predicted octanol–water partition coefficient (Wildman–Crippen LogP) is 4.05. The lowest BCUT2D eigenvalue weighted by Gasteiger charge is -2.17. The minimum Gasteiger partial charge on any atom is -0.322 e. The Balaban J connectivity index is 1.28. The molecule has 0 aliphatic carbocycles. The van der Waals surface area contributed by atoms with E-state index in [1.807, 2.05) is 30.3 Å². The first-order valence-electron chi connectivity index (χ1n) is 10.7. The zero-order valence-corrected chi connectivity index (χ0v) is 17.8. The van der Waals surface area contributed by atoms with E-state index in [-0.39, 0.29) is 17.7 Å². The topological polar surface area (TPSA) is 69.7 Å². The first-order chi connectivity index (χ1) is 15.5. The zero-order valence-electron chi connectivity index (χ0n) is 17.8. The Morgan fingerprint density at radius 3 is 2.19 bits per heavy atom. The second-order valence-corrected chi connectivity index (χ2v) is 8.13. The Morgan fingerprint density at radius 1 is 0.750 bits per heavy atom. The average Bonchev–Trinajstić information content (AvgIpc) is 3.43.